The standard InChI is InChI=1S/C11H21N3O/c1-8(2)13-11(10(12)15)5-7-14-6-3-4-9(11)14/h8-9,13H,3-7H2,1-2H3,(H2,12,15). The van der Waals surface area contributed by atoms with E-state index < -0.39 is 5.54 Å². The number of nitrogens with zero attached hydrogens (tertiary/aromatic N) is 1. The first-order valence-corrected chi connectivity index (χ1v) is 5.88. The molecule has 2 heterocycles. The van der Waals surface area contributed by atoms with E-state index in [4.69, 9.17) is 5.73 Å². The van der Waals surface area contributed by atoms with Gasteiger partial charge in [-0.05, 0) is 39.7 Å². The number of carbonyl (C=O) groups excluding carboxylic acids is 1. The number of carbonyl (C=O) groups is 1. The Morgan fingerprint density at radius 1 is 1.53 bits per heavy atom. The van der Waals surface area contributed by atoms with Crippen LogP contribution >= 0.6 is 0 Å². The minimum Gasteiger partial charge on any atom is -0.368 e. The second kappa shape index (κ2) is 3.76. The van der Waals surface area contributed by atoms with E-state index in [0.717, 1.165) is 25.9 Å². The van der Waals surface area contributed by atoms with Gasteiger partial charge in [-0.3, -0.25) is 15.0 Å². The molecule has 2 fully saturated rings. The first-order chi connectivity index (χ1) is 7.06. The van der Waals surface area contributed by atoms with E-state index in [1.807, 2.05) is 0 Å². The number of hydrogen-bond donors (Lipinski definition) is 2. The van der Waals surface area contributed by atoms with Crippen molar-refractivity contribution in [2.24, 2.45) is 5.73 Å². The Hall–Kier alpha value is -0.610. The van der Waals surface area contributed by atoms with Gasteiger partial charge < -0.3 is 5.73 Å². The molecule has 0 aromatic heterocycles. The van der Waals surface area contributed by atoms with Gasteiger partial charge in [-0.15, -0.1) is 0 Å². The van der Waals surface area contributed by atoms with Gasteiger partial charge in [-0.2, -0.15) is 0 Å². The van der Waals surface area contributed by atoms with Gasteiger partial charge >= 0.3 is 0 Å². The summed E-state index contributed by atoms with van der Waals surface area (Å²) >= 11 is 0. The predicted octanol–water partition coefficient (Wildman–Crippen LogP) is 0.0766. The van der Waals surface area contributed by atoms with Gasteiger partial charge in [0.15, 0.2) is 0 Å². The van der Waals surface area contributed by atoms with Crippen LogP contribution in [0.5, 0.6) is 0 Å². The van der Waals surface area contributed by atoms with Crippen LogP contribution in [0.25, 0.3) is 0 Å². The summed E-state index contributed by atoms with van der Waals surface area (Å²) < 4.78 is 0. The molecule has 0 aromatic rings. The van der Waals surface area contributed by atoms with Crippen molar-refractivity contribution in [3.8, 4) is 0 Å². The van der Waals surface area contributed by atoms with Crippen molar-refractivity contribution >= 4 is 5.91 Å². The molecule has 1 amide bonds. The van der Waals surface area contributed by atoms with E-state index in [2.05, 4.69) is 24.1 Å². The molecule has 0 radical (unpaired) electrons. The highest BCUT2D eigenvalue weighted by Crippen LogP contribution is 2.36. The molecule has 0 saturated carbocycles. The van der Waals surface area contributed by atoms with Crippen LogP contribution in [-0.2, 0) is 4.79 Å². The molecule has 0 bridgehead atoms. The molecule has 2 rings (SSSR count). The molecule has 2 atom stereocenters. The van der Waals surface area contributed by atoms with Gasteiger partial charge in [0, 0.05) is 18.6 Å². The van der Waals surface area contributed by atoms with E-state index in [1.54, 1.807) is 0 Å². The molecule has 15 heavy (non-hydrogen) atoms. The average molecular weight is 211 g/mol. The zero-order valence-corrected chi connectivity index (χ0v) is 9.62. The largest absolute Gasteiger partial charge is 0.368 e. The highest BCUT2D eigenvalue weighted by atomic mass is 16.1. The number of amides is 1. The molecule has 2 unspecified atom stereocenters. The van der Waals surface area contributed by atoms with Crippen LogP contribution in [0, 0.1) is 0 Å². The van der Waals surface area contributed by atoms with Crippen molar-refractivity contribution in [2.75, 3.05) is 13.1 Å². The summed E-state index contributed by atoms with van der Waals surface area (Å²) in [5.74, 6) is -0.175. The fraction of sp³-hybridized carbons (Fsp3) is 0.909. The van der Waals surface area contributed by atoms with Crippen molar-refractivity contribution in [2.45, 2.75) is 50.7 Å². The zero-order chi connectivity index (χ0) is 11.1. The van der Waals surface area contributed by atoms with Crippen LogP contribution in [0.2, 0.25) is 0 Å². The molecule has 4 heteroatoms. The monoisotopic (exact) mass is 211 g/mol. The molecule has 0 aromatic carbocycles. The van der Waals surface area contributed by atoms with Crippen LogP contribution in [0.4, 0.5) is 0 Å². The lowest BCUT2D eigenvalue weighted by molar-refractivity contribution is -0.125. The topological polar surface area (TPSA) is 58.4 Å². The molecule has 2 saturated heterocycles. The number of hydrogen-bond acceptors (Lipinski definition) is 3. The molecule has 3 N–H and O–H groups in total. The van der Waals surface area contributed by atoms with Crippen LogP contribution in [0.3, 0.4) is 0 Å². The lowest BCUT2D eigenvalue weighted by Crippen LogP contribution is -2.63. The summed E-state index contributed by atoms with van der Waals surface area (Å²) in [5, 5.41) is 3.41. The minimum atomic E-state index is -0.468. The second-order valence-corrected chi connectivity index (χ2v) is 5.08. The number of rotatable bonds is 3. The van der Waals surface area contributed by atoms with Gasteiger partial charge in [0.2, 0.25) is 5.91 Å². The third-order valence-corrected chi connectivity index (χ3v) is 3.71. The Morgan fingerprint density at radius 2 is 2.27 bits per heavy atom. The molecule has 0 aliphatic carbocycles. The van der Waals surface area contributed by atoms with Gasteiger partial charge in [0.25, 0.3) is 0 Å². The minimum absolute atomic E-state index is 0.175. The fourth-order valence-electron chi connectivity index (χ4n) is 3.18. The lowest BCUT2D eigenvalue weighted by Gasteiger charge is -2.35. The van der Waals surface area contributed by atoms with Crippen molar-refractivity contribution < 1.29 is 4.79 Å². The Bertz CT molecular complexity index is 267. The Balaban J connectivity index is 2.22. The SMILES string of the molecule is CC(C)NC1(C(N)=O)CCN2CCCC21. The van der Waals surface area contributed by atoms with Crippen LogP contribution in [-0.4, -0.2) is 41.5 Å². The van der Waals surface area contributed by atoms with Crippen LogP contribution < -0.4 is 11.1 Å². The van der Waals surface area contributed by atoms with E-state index in [9.17, 15) is 4.79 Å². The molecule has 86 valence electrons. The summed E-state index contributed by atoms with van der Waals surface area (Å²) in [5.41, 5.74) is 5.14. The summed E-state index contributed by atoms with van der Waals surface area (Å²) in [6, 6.07) is 0.635. The number of primary amides is 1. The Kier molecular flexibility index (Phi) is 2.73. The van der Waals surface area contributed by atoms with Crippen molar-refractivity contribution in [3.63, 3.8) is 0 Å². The number of nitrogens with one attached hydrogen (secondary N) is 1. The third-order valence-electron chi connectivity index (χ3n) is 3.71. The first-order valence-electron chi connectivity index (χ1n) is 5.88. The summed E-state index contributed by atoms with van der Waals surface area (Å²) in [7, 11) is 0. The van der Waals surface area contributed by atoms with Crippen LogP contribution in [0.1, 0.15) is 33.1 Å². The zero-order valence-electron chi connectivity index (χ0n) is 9.62. The number of nitrogens with two attached hydrogens (primary N) is 1. The summed E-state index contributed by atoms with van der Waals surface area (Å²) in [6.07, 6.45) is 3.16. The summed E-state index contributed by atoms with van der Waals surface area (Å²) in [4.78, 5) is 14.1. The van der Waals surface area contributed by atoms with E-state index >= 15 is 0 Å². The van der Waals surface area contributed by atoms with E-state index in [-0.39, 0.29) is 5.91 Å². The predicted molar refractivity (Wildman–Crippen MR) is 59.4 cm³/mol. The summed E-state index contributed by atoms with van der Waals surface area (Å²) in [6.45, 7) is 6.28. The number of fused-ring (bicyclic) bond motifs is 1. The highest BCUT2D eigenvalue weighted by Gasteiger charge is 2.53. The molecule has 0 spiro atoms. The van der Waals surface area contributed by atoms with Crippen molar-refractivity contribution in [1.29, 1.82) is 0 Å². The van der Waals surface area contributed by atoms with Gasteiger partial charge in [0.1, 0.15) is 5.54 Å². The second-order valence-electron chi connectivity index (χ2n) is 5.08. The maximum Gasteiger partial charge on any atom is 0.239 e. The quantitative estimate of drug-likeness (QED) is 0.695. The maximum atomic E-state index is 11.7. The van der Waals surface area contributed by atoms with Gasteiger partial charge in [0.05, 0.1) is 0 Å². The fourth-order valence-corrected chi connectivity index (χ4v) is 3.18. The first kappa shape index (κ1) is 10.9. The van der Waals surface area contributed by atoms with Crippen LogP contribution in [0.15, 0.2) is 0 Å². The molecular formula is C11H21N3O. The highest BCUT2D eigenvalue weighted by molar-refractivity contribution is 5.86. The molecule has 2 aliphatic heterocycles. The van der Waals surface area contributed by atoms with Crippen molar-refractivity contribution in [3.05, 3.63) is 0 Å². The third kappa shape index (κ3) is 1.66. The lowest BCUT2D eigenvalue weighted by atomic mass is 9.87. The van der Waals surface area contributed by atoms with E-state index in [0.29, 0.717) is 12.1 Å². The Labute approximate surface area is 91.2 Å². The van der Waals surface area contributed by atoms with Gasteiger partial charge in [-0.25, -0.2) is 0 Å². The molecular weight excluding hydrogens is 190 g/mol. The smallest absolute Gasteiger partial charge is 0.239 e. The Morgan fingerprint density at radius 3 is 2.87 bits per heavy atom. The maximum absolute atomic E-state index is 11.7. The average Bonchev–Trinajstić information content (AvgIpc) is 2.67. The van der Waals surface area contributed by atoms with Gasteiger partial charge in [-0.1, -0.05) is 0 Å². The van der Waals surface area contributed by atoms with E-state index in [1.165, 1.54) is 6.42 Å². The normalized spacial score (nSPS) is 36.1. The molecule has 2 aliphatic rings. The molecule has 4 nitrogen and oxygen atoms in total. The van der Waals surface area contributed by atoms with Crippen molar-refractivity contribution in [1.82, 2.24) is 10.2 Å².